The van der Waals surface area contributed by atoms with E-state index < -0.39 is 47.5 Å². The van der Waals surface area contributed by atoms with Gasteiger partial charge >= 0.3 is 22.4 Å². The Morgan fingerprint density at radius 1 is 0.571 bits per heavy atom. The number of hydrogen-bond donors (Lipinski definition) is 8. The summed E-state index contributed by atoms with van der Waals surface area (Å²) in [6.45, 7) is -5.29. The molecule has 42 heavy (non-hydrogen) atoms. The Morgan fingerprint density at radius 3 is 1.29 bits per heavy atom. The van der Waals surface area contributed by atoms with Gasteiger partial charge in [0.15, 0.2) is 6.29 Å². The Kier molecular flexibility index (Phi) is 24.8. The molecule has 0 aromatic carbocycles. The van der Waals surface area contributed by atoms with Gasteiger partial charge in [0.2, 0.25) is 0 Å². The molecule has 24 heteroatoms. The molecule has 0 aliphatic rings. The van der Waals surface area contributed by atoms with Gasteiger partial charge in [0, 0.05) is 0 Å². The lowest BCUT2D eigenvalue weighted by Crippen LogP contribution is -2.44. The van der Waals surface area contributed by atoms with Crippen molar-refractivity contribution < 1.29 is 95.4 Å². The van der Waals surface area contributed by atoms with E-state index in [1.54, 1.807) is 0 Å². The van der Waals surface area contributed by atoms with Crippen molar-refractivity contribution in [2.75, 3.05) is 99.1 Å². The molecule has 254 valence electrons. The molecule has 20 nitrogen and oxygen atoms in total. The minimum atomic E-state index is -5.55. The third-order valence-electron chi connectivity index (χ3n) is 4.14. The van der Waals surface area contributed by atoms with E-state index in [2.05, 4.69) is 8.62 Å². The van der Waals surface area contributed by atoms with Crippen LogP contribution in [0.2, 0.25) is 0 Å². The molecule has 0 bridgehead atoms. The third-order valence-corrected chi connectivity index (χ3v) is 9.37. The predicted octanol–water partition coefficient (Wildman–Crippen LogP) is -2.41. The predicted molar refractivity (Wildman–Crippen MR) is 142 cm³/mol. The molecule has 0 saturated carbocycles. The van der Waals surface area contributed by atoms with Gasteiger partial charge in [-0.25, -0.2) is 17.8 Å². The van der Waals surface area contributed by atoms with Crippen LogP contribution in [0.3, 0.4) is 0 Å². The van der Waals surface area contributed by atoms with E-state index in [1.165, 1.54) is 0 Å². The average molecular weight is 702 g/mol. The Bertz CT molecular complexity index is 770. The Labute approximate surface area is 247 Å². The summed E-state index contributed by atoms with van der Waals surface area (Å²) < 4.78 is 72.6. The molecule has 0 amide bonds. The minimum absolute atomic E-state index is 0.00664. The molecule has 0 fully saturated rings. The quantitative estimate of drug-likeness (QED) is 0.0220. The van der Waals surface area contributed by atoms with E-state index in [0.29, 0.717) is 19.8 Å². The maximum Gasteiger partial charge on any atom is 0.476 e. The fraction of sp³-hybridized carbons (Fsp3) is 1.00. The van der Waals surface area contributed by atoms with Crippen LogP contribution in [0.25, 0.3) is 0 Å². The van der Waals surface area contributed by atoms with Crippen molar-refractivity contribution in [3.8, 4) is 0 Å². The molecular weight excluding hydrogens is 661 g/mol. The van der Waals surface area contributed by atoms with Crippen LogP contribution < -0.4 is 0 Å². The monoisotopic (exact) mass is 702 g/mol. The van der Waals surface area contributed by atoms with Crippen molar-refractivity contribution >= 4 is 34.2 Å². The molecule has 0 aromatic heterocycles. The molecule has 0 aliphatic carbocycles. The molecule has 0 spiro atoms. The number of phosphoric acid groups is 2. The summed E-state index contributed by atoms with van der Waals surface area (Å²) in [6, 6.07) is 0. The lowest BCUT2D eigenvalue weighted by molar-refractivity contribution is -0.198. The first-order valence-corrected chi connectivity index (χ1v) is 17.8. The topological polar surface area (TPSA) is 288 Å². The highest BCUT2D eigenvalue weighted by atomic mass is 32.5. The van der Waals surface area contributed by atoms with Crippen LogP contribution in [0.15, 0.2) is 0 Å². The summed E-state index contributed by atoms with van der Waals surface area (Å²) in [5.41, 5.74) is 0. The Morgan fingerprint density at radius 2 is 0.929 bits per heavy atom. The highest BCUT2D eigenvalue weighted by Crippen LogP contribution is 2.68. The van der Waals surface area contributed by atoms with E-state index in [9.17, 15) is 19.3 Å². The highest BCUT2D eigenvalue weighted by molar-refractivity contribution is 8.10. The van der Waals surface area contributed by atoms with Gasteiger partial charge in [0.05, 0.1) is 99.1 Å². The van der Waals surface area contributed by atoms with Gasteiger partial charge in [-0.3, -0.25) is 4.52 Å². The molecule has 0 heterocycles. The normalized spacial score (nSPS) is 15.1. The van der Waals surface area contributed by atoms with E-state index >= 15 is 0 Å². The summed E-state index contributed by atoms with van der Waals surface area (Å²) in [6.07, 6.45) is -5.53. The van der Waals surface area contributed by atoms with Gasteiger partial charge in [0.25, 0.3) is 0 Å². The fourth-order valence-corrected chi connectivity index (χ4v) is 7.58. The van der Waals surface area contributed by atoms with Crippen LogP contribution in [0.4, 0.5) is 0 Å². The first kappa shape index (κ1) is 42.4. The summed E-state index contributed by atoms with van der Waals surface area (Å²) in [5.74, 6) is 0. The maximum atomic E-state index is 11.4. The summed E-state index contributed by atoms with van der Waals surface area (Å²) >= 11 is 4.70. The van der Waals surface area contributed by atoms with Crippen molar-refractivity contribution in [3.05, 3.63) is 0 Å². The van der Waals surface area contributed by atoms with Crippen molar-refractivity contribution in [3.63, 3.8) is 0 Å². The Hall–Kier alpha value is 0.390. The molecular formula is C18H41O20P3S. The van der Waals surface area contributed by atoms with E-state index in [1.807, 2.05) is 0 Å². The number of ether oxygens (including phenoxy) is 7. The smallest absolute Gasteiger partial charge is 0.394 e. The van der Waals surface area contributed by atoms with Gasteiger partial charge < -0.3 is 73.2 Å². The fourth-order valence-electron chi connectivity index (χ4n) is 2.54. The second kappa shape index (κ2) is 24.6. The molecule has 8 N–H and O–H groups in total. The zero-order valence-electron chi connectivity index (χ0n) is 22.6. The van der Waals surface area contributed by atoms with E-state index in [4.69, 9.17) is 79.3 Å². The zero-order valence-corrected chi connectivity index (χ0v) is 26.1. The molecule has 0 radical (unpaired) electrons. The van der Waals surface area contributed by atoms with E-state index in [0.717, 1.165) is 0 Å². The van der Waals surface area contributed by atoms with Crippen molar-refractivity contribution in [2.24, 2.45) is 0 Å². The van der Waals surface area contributed by atoms with Crippen molar-refractivity contribution in [1.82, 2.24) is 0 Å². The zero-order chi connectivity index (χ0) is 31.9. The second-order valence-electron chi connectivity index (χ2n) is 7.53. The third kappa shape index (κ3) is 24.7. The second-order valence-corrected chi connectivity index (χ2v) is 13.2. The molecule has 3 unspecified atom stereocenters. The van der Waals surface area contributed by atoms with Crippen LogP contribution in [0.5, 0.6) is 0 Å². The van der Waals surface area contributed by atoms with Gasteiger partial charge in [-0.05, 0) is 11.8 Å². The van der Waals surface area contributed by atoms with Crippen LogP contribution in [-0.4, -0.2) is 158 Å². The first-order chi connectivity index (χ1) is 19.8. The number of aliphatic hydroxyl groups excluding tert-OH is 4. The van der Waals surface area contributed by atoms with Crippen molar-refractivity contribution in [1.29, 1.82) is 0 Å². The van der Waals surface area contributed by atoms with Crippen LogP contribution in [-0.2, 0) is 67.2 Å². The number of hydrogen-bond acceptors (Lipinski definition) is 17. The molecule has 3 atom stereocenters. The van der Waals surface area contributed by atoms with Gasteiger partial charge in [-0.1, -0.05) is 0 Å². The van der Waals surface area contributed by atoms with Gasteiger partial charge in [-0.2, -0.15) is 0 Å². The van der Waals surface area contributed by atoms with Gasteiger partial charge in [0.1, 0.15) is 12.2 Å². The van der Waals surface area contributed by atoms with E-state index in [-0.39, 0.29) is 72.7 Å². The van der Waals surface area contributed by atoms with Crippen LogP contribution in [0, 0.1) is 0 Å². The molecule has 0 aliphatic heterocycles. The minimum Gasteiger partial charge on any atom is -0.394 e. The molecule has 0 saturated heterocycles. The highest BCUT2D eigenvalue weighted by Gasteiger charge is 2.43. The number of aliphatic hydroxyl groups is 4. The maximum absolute atomic E-state index is 11.4. The molecule has 0 rings (SSSR count). The summed E-state index contributed by atoms with van der Waals surface area (Å²) in [5, 5.41) is 37.7. The van der Waals surface area contributed by atoms with Gasteiger partial charge in [-0.15, -0.1) is 0 Å². The largest absolute Gasteiger partial charge is 0.476 e. The standard InChI is InChI=1S/C18H41O20P3S/c19-1-3-29-5-6-31-7-8-32-9-10-33-12-14-35-18(17(22)16(15-21)34-13-11-30-4-2-20)36-41(42,37-39(23,24)25)38-40(26,27)28/h16-22H,1-15H2,(H2,23,24,25)(H2,26,27,28). The lowest BCUT2D eigenvalue weighted by atomic mass is 10.2. The average Bonchev–Trinajstić information content (AvgIpc) is 2.87. The molecule has 0 aromatic rings. The summed E-state index contributed by atoms with van der Waals surface area (Å²) in [4.78, 5) is 36.5. The van der Waals surface area contributed by atoms with Crippen LogP contribution >= 0.6 is 22.4 Å². The Balaban J connectivity index is 4.99. The van der Waals surface area contributed by atoms with Crippen molar-refractivity contribution in [2.45, 2.75) is 18.5 Å². The first-order valence-electron chi connectivity index (χ1n) is 12.2. The SMILES string of the molecule is O=P(O)(O)OP(=S)(OC(OCCOCCOCCOCCOCCO)C(O)C(CO)OCCOCCO)OP(=O)(O)O. The lowest BCUT2D eigenvalue weighted by Gasteiger charge is -2.32. The number of rotatable bonds is 30. The summed E-state index contributed by atoms with van der Waals surface area (Å²) in [7, 11) is -11.1. The van der Waals surface area contributed by atoms with Crippen LogP contribution in [0.1, 0.15) is 0 Å².